The zero-order chi connectivity index (χ0) is 17.6. The highest BCUT2D eigenvalue weighted by atomic mass is 16.5. The molecular formula is C20H30N2O3. The molecular weight excluding hydrogens is 316 g/mol. The van der Waals surface area contributed by atoms with E-state index in [0.29, 0.717) is 18.8 Å². The van der Waals surface area contributed by atoms with Crippen LogP contribution in [0.1, 0.15) is 43.0 Å². The Morgan fingerprint density at radius 1 is 1.04 bits per heavy atom. The number of hydrogen-bond acceptors (Lipinski definition) is 4. The monoisotopic (exact) mass is 346 g/mol. The maximum atomic E-state index is 12.7. The molecule has 2 aliphatic rings. The number of rotatable bonds is 5. The van der Waals surface area contributed by atoms with Crippen molar-refractivity contribution in [1.82, 2.24) is 9.80 Å². The van der Waals surface area contributed by atoms with Crippen molar-refractivity contribution < 1.29 is 14.3 Å². The molecule has 2 fully saturated rings. The molecule has 1 amide bonds. The number of carbonyl (C=O) groups is 1. The Hall–Kier alpha value is -1.59. The van der Waals surface area contributed by atoms with Gasteiger partial charge in [-0.25, -0.2) is 0 Å². The first-order valence-electron chi connectivity index (χ1n) is 9.50. The Morgan fingerprint density at radius 2 is 1.68 bits per heavy atom. The molecule has 0 spiro atoms. The Kier molecular flexibility index (Phi) is 6.32. The lowest BCUT2D eigenvalue weighted by Gasteiger charge is -2.41. The number of piperidine rings is 2. The predicted molar refractivity (Wildman–Crippen MR) is 98.1 cm³/mol. The Bertz CT molecular complexity index is 545. The first-order valence-corrected chi connectivity index (χ1v) is 9.50. The second-order valence-electron chi connectivity index (χ2n) is 6.95. The highest BCUT2D eigenvalue weighted by molar-refractivity contribution is 5.94. The lowest BCUT2D eigenvalue weighted by atomic mass is 9.98. The number of ether oxygens (including phenoxy) is 2. The molecule has 1 aromatic rings. The van der Waals surface area contributed by atoms with Crippen molar-refractivity contribution in [3.63, 3.8) is 0 Å². The molecule has 3 rings (SSSR count). The fourth-order valence-electron chi connectivity index (χ4n) is 3.95. The van der Waals surface area contributed by atoms with Gasteiger partial charge in [-0.1, -0.05) is 0 Å². The lowest BCUT2D eigenvalue weighted by Crippen LogP contribution is -2.49. The van der Waals surface area contributed by atoms with Crippen LogP contribution in [0, 0.1) is 0 Å². The van der Waals surface area contributed by atoms with E-state index in [9.17, 15) is 4.79 Å². The van der Waals surface area contributed by atoms with Crippen LogP contribution < -0.4 is 4.74 Å². The van der Waals surface area contributed by atoms with Crippen LogP contribution in [-0.4, -0.2) is 67.7 Å². The van der Waals surface area contributed by atoms with Crippen LogP contribution in [-0.2, 0) is 4.74 Å². The molecule has 5 heteroatoms. The van der Waals surface area contributed by atoms with E-state index in [1.807, 2.05) is 43.2 Å². The van der Waals surface area contributed by atoms with Crippen LogP contribution in [0.3, 0.4) is 0 Å². The third-order valence-electron chi connectivity index (χ3n) is 5.49. The number of methoxy groups -OCH3 is 1. The molecule has 0 aliphatic carbocycles. The maximum absolute atomic E-state index is 12.7. The maximum Gasteiger partial charge on any atom is 0.253 e. The largest absolute Gasteiger partial charge is 0.494 e. The number of benzene rings is 1. The van der Waals surface area contributed by atoms with Gasteiger partial charge in [0.25, 0.3) is 5.91 Å². The normalized spacial score (nSPS) is 20.6. The molecule has 0 radical (unpaired) electrons. The molecule has 1 aromatic carbocycles. The Balaban J connectivity index is 1.49. The van der Waals surface area contributed by atoms with Crippen molar-refractivity contribution in [2.24, 2.45) is 0 Å². The topological polar surface area (TPSA) is 42.0 Å². The standard InChI is InChI=1S/C20H30N2O3/c1-3-25-19-6-4-16(5-7-19)20(23)22-12-8-17(9-13-22)21-14-10-18(24-2)11-15-21/h4-7,17-18H,3,8-15H2,1-2H3. The van der Waals surface area contributed by atoms with Gasteiger partial charge in [0.2, 0.25) is 0 Å². The minimum absolute atomic E-state index is 0.139. The molecule has 2 saturated heterocycles. The minimum Gasteiger partial charge on any atom is -0.494 e. The average Bonchev–Trinajstić information content (AvgIpc) is 2.68. The molecule has 0 saturated carbocycles. The van der Waals surface area contributed by atoms with Crippen LogP contribution in [0.2, 0.25) is 0 Å². The summed E-state index contributed by atoms with van der Waals surface area (Å²) in [4.78, 5) is 17.3. The number of nitrogens with zero attached hydrogens (tertiary/aromatic N) is 2. The first-order chi connectivity index (χ1) is 12.2. The molecule has 0 unspecified atom stereocenters. The molecule has 0 N–H and O–H groups in total. The average molecular weight is 346 g/mol. The van der Waals surface area contributed by atoms with Crippen molar-refractivity contribution in [2.75, 3.05) is 39.9 Å². The molecule has 0 atom stereocenters. The molecule has 0 bridgehead atoms. The molecule has 5 nitrogen and oxygen atoms in total. The summed E-state index contributed by atoms with van der Waals surface area (Å²) in [6.45, 7) is 6.54. The van der Waals surface area contributed by atoms with Crippen molar-refractivity contribution in [3.05, 3.63) is 29.8 Å². The number of likely N-dealkylation sites (tertiary alicyclic amines) is 2. The van der Waals surface area contributed by atoms with Gasteiger partial charge in [-0.2, -0.15) is 0 Å². The summed E-state index contributed by atoms with van der Waals surface area (Å²) in [5.41, 5.74) is 0.753. The van der Waals surface area contributed by atoms with Gasteiger partial charge in [0.1, 0.15) is 5.75 Å². The van der Waals surface area contributed by atoms with E-state index in [0.717, 1.165) is 63.2 Å². The summed E-state index contributed by atoms with van der Waals surface area (Å²) in [6.07, 6.45) is 4.82. The van der Waals surface area contributed by atoms with Crippen molar-refractivity contribution in [2.45, 2.75) is 44.8 Å². The van der Waals surface area contributed by atoms with Crippen LogP contribution >= 0.6 is 0 Å². The van der Waals surface area contributed by atoms with Crippen LogP contribution in [0.15, 0.2) is 24.3 Å². The molecule has 0 aromatic heterocycles. The SMILES string of the molecule is CCOc1ccc(C(=O)N2CCC(N3CCC(OC)CC3)CC2)cc1. The van der Waals surface area contributed by atoms with Gasteiger partial charge < -0.3 is 19.3 Å². The summed E-state index contributed by atoms with van der Waals surface area (Å²) < 4.78 is 10.9. The van der Waals surface area contributed by atoms with Gasteiger partial charge >= 0.3 is 0 Å². The van der Waals surface area contributed by atoms with Gasteiger partial charge in [0.05, 0.1) is 12.7 Å². The number of hydrogen-bond donors (Lipinski definition) is 0. The lowest BCUT2D eigenvalue weighted by molar-refractivity contribution is 0.0145. The van der Waals surface area contributed by atoms with E-state index in [1.165, 1.54) is 0 Å². The summed E-state index contributed by atoms with van der Waals surface area (Å²) >= 11 is 0. The van der Waals surface area contributed by atoms with Crippen LogP contribution in [0.4, 0.5) is 0 Å². The molecule has 138 valence electrons. The third kappa shape index (κ3) is 4.53. The van der Waals surface area contributed by atoms with Gasteiger partial charge in [0.15, 0.2) is 0 Å². The van der Waals surface area contributed by atoms with Crippen molar-refractivity contribution in [1.29, 1.82) is 0 Å². The van der Waals surface area contributed by atoms with Crippen LogP contribution in [0.5, 0.6) is 5.75 Å². The predicted octanol–water partition coefficient (Wildman–Crippen LogP) is 2.80. The minimum atomic E-state index is 0.139. The van der Waals surface area contributed by atoms with Gasteiger partial charge in [-0.05, 0) is 56.9 Å². The van der Waals surface area contributed by atoms with Gasteiger partial charge in [0, 0.05) is 44.9 Å². The fourth-order valence-corrected chi connectivity index (χ4v) is 3.95. The molecule has 2 heterocycles. The zero-order valence-electron chi connectivity index (χ0n) is 15.4. The van der Waals surface area contributed by atoms with E-state index in [4.69, 9.17) is 9.47 Å². The van der Waals surface area contributed by atoms with E-state index in [-0.39, 0.29) is 5.91 Å². The number of carbonyl (C=O) groups excluding carboxylic acids is 1. The quantitative estimate of drug-likeness (QED) is 0.822. The highest BCUT2D eigenvalue weighted by Gasteiger charge is 2.29. The van der Waals surface area contributed by atoms with E-state index < -0.39 is 0 Å². The Morgan fingerprint density at radius 3 is 2.24 bits per heavy atom. The Labute approximate surface area is 150 Å². The van der Waals surface area contributed by atoms with E-state index in [1.54, 1.807) is 0 Å². The second kappa shape index (κ2) is 8.68. The van der Waals surface area contributed by atoms with Crippen molar-refractivity contribution in [3.8, 4) is 5.75 Å². The second-order valence-corrected chi connectivity index (χ2v) is 6.95. The highest BCUT2D eigenvalue weighted by Crippen LogP contribution is 2.23. The molecule has 2 aliphatic heterocycles. The molecule has 25 heavy (non-hydrogen) atoms. The van der Waals surface area contributed by atoms with E-state index in [2.05, 4.69) is 4.90 Å². The zero-order valence-corrected chi connectivity index (χ0v) is 15.4. The van der Waals surface area contributed by atoms with Crippen LogP contribution in [0.25, 0.3) is 0 Å². The summed E-state index contributed by atoms with van der Waals surface area (Å²) in [6, 6.07) is 8.11. The van der Waals surface area contributed by atoms with Gasteiger partial charge in [-0.3, -0.25) is 4.79 Å². The van der Waals surface area contributed by atoms with Crippen molar-refractivity contribution >= 4 is 5.91 Å². The summed E-state index contributed by atoms with van der Waals surface area (Å²) in [5, 5.41) is 0. The van der Waals surface area contributed by atoms with E-state index >= 15 is 0 Å². The van der Waals surface area contributed by atoms with Gasteiger partial charge in [-0.15, -0.1) is 0 Å². The smallest absolute Gasteiger partial charge is 0.253 e. The summed E-state index contributed by atoms with van der Waals surface area (Å²) in [5.74, 6) is 0.955. The first kappa shape index (κ1) is 18.2. The fraction of sp³-hybridized carbons (Fsp3) is 0.650. The third-order valence-corrected chi connectivity index (χ3v) is 5.49. The number of amides is 1. The summed E-state index contributed by atoms with van der Waals surface area (Å²) in [7, 11) is 1.81.